The standard InChI is InChI=1S/C28H29N3O3/c1-17-9-11-22(12-10-17)31-16-21(15-25(31)32)27(33)29-24-8-6-5-7-23(24)28(34)30-26-19(3)13-18(2)14-20(26)4/h5-14,21H,15-16H2,1-4H3,(H,29,33)(H,30,34). The van der Waals surface area contributed by atoms with E-state index in [4.69, 9.17) is 0 Å². The molecule has 1 atom stereocenters. The van der Waals surface area contributed by atoms with Crippen molar-refractivity contribution in [3.63, 3.8) is 0 Å². The fraction of sp³-hybridized carbons (Fsp3) is 0.250. The molecule has 3 aromatic rings. The summed E-state index contributed by atoms with van der Waals surface area (Å²) in [5, 5.41) is 5.87. The lowest BCUT2D eigenvalue weighted by atomic mass is 10.0. The fourth-order valence-electron chi connectivity index (χ4n) is 4.44. The number of aryl methyl sites for hydroxylation is 4. The molecule has 1 saturated heterocycles. The van der Waals surface area contributed by atoms with Gasteiger partial charge in [0.2, 0.25) is 11.8 Å². The van der Waals surface area contributed by atoms with E-state index in [1.54, 1.807) is 29.2 Å². The molecule has 34 heavy (non-hydrogen) atoms. The first-order valence-corrected chi connectivity index (χ1v) is 11.4. The number of benzene rings is 3. The quantitative estimate of drug-likeness (QED) is 0.558. The van der Waals surface area contributed by atoms with E-state index in [0.717, 1.165) is 33.6 Å². The topological polar surface area (TPSA) is 78.5 Å². The zero-order valence-electron chi connectivity index (χ0n) is 19.9. The summed E-state index contributed by atoms with van der Waals surface area (Å²) in [6.07, 6.45) is 0.135. The van der Waals surface area contributed by atoms with Crippen molar-refractivity contribution in [3.05, 3.63) is 88.5 Å². The maximum Gasteiger partial charge on any atom is 0.257 e. The smallest absolute Gasteiger partial charge is 0.257 e. The Balaban J connectivity index is 1.49. The first kappa shape index (κ1) is 23.2. The van der Waals surface area contributed by atoms with Crippen LogP contribution in [0.3, 0.4) is 0 Å². The Kier molecular flexibility index (Phi) is 6.50. The molecular formula is C28H29N3O3. The molecule has 1 aliphatic heterocycles. The first-order valence-electron chi connectivity index (χ1n) is 11.4. The number of para-hydroxylation sites is 1. The van der Waals surface area contributed by atoms with Crippen molar-refractivity contribution < 1.29 is 14.4 Å². The lowest BCUT2D eigenvalue weighted by Gasteiger charge is -2.18. The van der Waals surface area contributed by atoms with Gasteiger partial charge in [-0.05, 0) is 63.1 Å². The van der Waals surface area contributed by atoms with Crippen LogP contribution in [0.25, 0.3) is 0 Å². The summed E-state index contributed by atoms with van der Waals surface area (Å²) in [6.45, 7) is 8.23. The van der Waals surface area contributed by atoms with E-state index in [1.807, 2.05) is 64.1 Å². The molecule has 3 amide bonds. The summed E-state index contributed by atoms with van der Waals surface area (Å²) in [4.78, 5) is 40.4. The minimum Gasteiger partial charge on any atom is -0.325 e. The third kappa shape index (κ3) is 4.86. The number of amides is 3. The van der Waals surface area contributed by atoms with Crippen LogP contribution in [0.1, 0.15) is 39.0 Å². The minimum atomic E-state index is -0.494. The Morgan fingerprint density at radius 3 is 2.18 bits per heavy atom. The van der Waals surface area contributed by atoms with Gasteiger partial charge in [-0.25, -0.2) is 0 Å². The van der Waals surface area contributed by atoms with Crippen molar-refractivity contribution in [1.29, 1.82) is 0 Å². The zero-order chi connectivity index (χ0) is 24.4. The molecule has 1 heterocycles. The van der Waals surface area contributed by atoms with E-state index in [0.29, 0.717) is 17.8 Å². The SMILES string of the molecule is Cc1ccc(N2CC(C(=O)Nc3ccccc3C(=O)Nc3c(C)cc(C)cc3C)CC2=O)cc1. The number of nitrogens with one attached hydrogen (secondary N) is 2. The number of carbonyl (C=O) groups is 3. The summed E-state index contributed by atoms with van der Waals surface area (Å²) in [6, 6.07) is 18.6. The van der Waals surface area contributed by atoms with Crippen molar-refractivity contribution >= 4 is 34.8 Å². The normalized spacial score (nSPS) is 15.4. The van der Waals surface area contributed by atoms with Gasteiger partial charge in [-0.3, -0.25) is 14.4 Å². The van der Waals surface area contributed by atoms with Crippen molar-refractivity contribution in [2.24, 2.45) is 5.92 Å². The van der Waals surface area contributed by atoms with Crippen LogP contribution in [0.5, 0.6) is 0 Å². The number of nitrogens with zero attached hydrogens (tertiary/aromatic N) is 1. The predicted octanol–water partition coefficient (Wildman–Crippen LogP) is 5.16. The van der Waals surface area contributed by atoms with Gasteiger partial charge in [-0.1, -0.05) is 47.5 Å². The van der Waals surface area contributed by atoms with Crippen molar-refractivity contribution in [2.45, 2.75) is 34.1 Å². The Morgan fingerprint density at radius 1 is 0.853 bits per heavy atom. The third-order valence-electron chi connectivity index (χ3n) is 6.19. The van der Waals surface area contributed by atoms with E-state index in [-0.39, 0.29) is 24.1 Å². The highest BCUT2D eigenvalue weighted by Gasteiger charge is 2.35. The van der Waals surface area contributed by atoms with E-state index < -0.39 is 5.92 Å². The molecule has 2 N–H and O–H groups in total. The van der Waals surface area contributed by atoms with Gasteiger partial charge in [0.05, 0.1) is 17.2 Å². The monoisotopic (exact) mass is 455 g/mol. The van der Waals surface area contributed by atoms with Gasteiger partial charge >= 0.3 is 0 Å². The summed E-state index contributed by atoms with van der Waals surface area (Å²) in [5.74, 6) is -1.15. The molecule has 6 nitrogen and oxygen atoms in total. The molecule has 0 saturated carbocycles. The van der Waals surface area contributed by atoms with E-state index in [9.17, 15) is 14.4 Å². The number of rotatable bonds is 5. The highest BCUT2D eigenvalue weighted by atomic mass is 16.2. The summed E-state index contributed by atoms with van der Waals surface area (Å²) < 4.78 is 0. The number of hydrogen-bond acceptors (Lipinski definition) is 3. The van der Waals surface area contributed by atoms with Crippen LogP contribution in [-0.4, -0.2) is 24.3 Å². The average molecular weight is 456 g/mol. The summed E-state index contributed by atoms with van der Waals surface area (Å²) >= 11 is 0. The highest BCUT2D eigenvalue weighted by molar-refractivity contribution is 6.11. The Labute approximate surface area is 200 Å². The number of carbonyl (C=O) groups excluding carboxylic acids is 3. The first-order chi connectivity index (χ1) is 16.2. The predicted molar refractivity (Wildman–Crippen MR) is 135 cm³/mol. The Bertz CT molecular complexity index is 1240. The van der Waals surface area contributed by atoms with Gasteiger partial charge in [-0.2, -0.15) is 0 Å². The molecule has 0 radical (unpaired) electrons. The van der Waals surface area contributed by atoms with Crippen molar-refractivity contribution in [1.82, 2.24) is 0 Å². The Morgan fingerprint density at radius 2 is 1.50 bits per heavy atom. The maximum absolute atomic E-state index is 13.1. The highest BCUT2D eigenvalue weighted by Crippen LogP contribution is 2.28. The maximum atomic E-state index is 13.1. The van der Waals surface area contributed by atoms with Crippen LogP contribution in [0.4, 0.5) is 17.1 Å². The second kappa shape index (κ2) is 9.51. The molecule has 174 valence electrons. The van der Waals surface area contributed by atoms with Crippen LogP contribution in [0.2, 0.25) is 0 Å². The van der Waals surface area contributed by atoms with Crippen LogP contribution < -0.4 is 15.5 Å². The van der Waals surface area contributed by atoms with Gasteiger partial charge in [0.1, 0.15) is 0 Å². The van der Waals surface area contributed by atoms with E-state index in [1.165, 1.54) is 0 Å². The summed E-state index contributed by atoms with van der Waals surface area (Å²) in [5.41, 5.74) is 6.55. The zero-order valence-corrected chi connectivity index (χ0v) is 19.9. The average Bonchev–Trinajstić information content (AvgIpc) is 3.18. The molecule has 0 bridgehead atoms. The van der Waals surface area contributed by atoms with Gasteiger partial charge in [0, 0.05) is 24.3 Å². The van der Waals surface area contributed by atoms with Gasteiger partial charge in [0.15, 0.2) is 0 Å². The van der Waals surface area contributed by atoms with Gasteiger partial charge in [-0.15, -0.1) is 0 Å². The molecule has 6 heteroatoms. The molecule has 0 aliphatic carbocycles. The Hall–Kier alpha value is -3.93. The van der Waals surface area contributed by atoms with E-state index >= 15 is 0 Å². The second-order valence-electron chi connectivity index (χ2n) is 9.00. The lowest BCUT2D eigenvalue weighted by molar-refractivity contribution is -0.122. The number of anilines is 3. The van der Waals surface area contributed by atoms with Gasteiger partial charge in [0.25, 0.3) is 5.91 Å². The molecule has 1 unspecified atom stereocenters. The van der Waals surface area contributed by atoms with Crippen LogP contribution in [0, 0.1) is 33.6 Å². The molecule has 0 aromatic heterocycles. The summed E-state index contributed by atoms with van der Waals surface area (Å²) in [7, 11) is 0. The molecule has 3 aromatic carbocycles. The fourth-order valence-corrected chi connectivity index (χ4v) is 4.44. The molecule has 1 fully saturated rings. The minimum absolute atomic E-state index is 0.0830. The van der Waals surface area contributed by atoms with Crippen LogP contribution in [-0.2, 0) is 9.59 Å². The number of hydrogen-bond donors (Lipinski definition) is 2. The van der Waals surface area contributed by atoms with Gasteiger partial charge < -0.3 is 15.5 Å². The van der Waals surface area contributed by atoms with E-state index in [2.05, 4.69) is 10.6 Å². The molecule has 4 rings (SSSR count). The van der Waals surface area contributed by atoms with Crippen molar-refractivity contribution in [3.8, 4) is 0 Å². The van der Waals surface area contributed by atoms with Crippen LogP contribution in [0.15, 0.2) is 60.7 Å². The molecule has 0 spiro atoms. The van der Waals surface area contributed by atoms with Crippen molar-refractivity contribution in [2.75, 3.05) is 22.1 Å². The van der Waals surface area contributed by atoms with Crippen LogP contribution >= 0.6 is 0 Å². The lowest BCUT2D eigenvalue weighted by Crippen LogP contribution is -2.28. The molecule has 1 aliphatic rings. The molecular weight excluding hydrogens is 426 g/mol. The largest absolute Gasteiger partial charge is 0.325 e. The second-order valence-corrected chi connectivity index (χ2v) is 9.00. The third-order valence-corrected chi connectivity index (χ3v) is 6.19.